The average Bonchev–Trinajstić information content (AvgIpc) is 3.50. The fourth-order valence-corrected chi connectivity index (χ4v) is 5.79. The smallest absolute Gasteiger partial charge is 0.227 e. The van der Waals surface area contributed by atoms with Crippen LogP contribution in [0.25, 0.3) is 77.5 Å². The van der Waals surface area contributed by atoms with E-state index in [1.54, 1.807) is 0 Å². The van der Waals surface area contributed by atoms with E-state index in [0.29, 0.717) is 5.89 Å². The molecule has 1 aromatic heterocycles. The number of benzene rings is 7. The van der Waals surface area contributed by atoms with Gasteiger partial charge in [0.15, 0.2) is 5.58 Å². The molecule has 41 heavy (non-hydrogen) atoms. The molecule has 0 aliphatic heterocycles. The lowest BCUT2D eigenvalue weighted by Gasteiger charge is -2.10. The molecule has 7 aromatic carbocycles. The van der Waals surface area contributed by atoms with Crippen LogP contribution in [0.5, 0.6) is 0 Å². The predicted molar refractivity (Wildman–Crippen MR) is 171 cm³/mol. The van der Waals surface area contributed by atoms with Crippen LogP contribution >= 0.6 is 0 Å². The number of nitrogens with zero attached hydrogens (tertiary/aromatic N) is 1. The molecule has 192 valence electrons. The van der Waals surface area contributed by atoms with Crippen molar-refractivity contribution < 1.29 is 4.42 Å². The van der Waals surface area contributed by atoms with Crippen molar-refractivity contribution in [1.82, 2.24) is 4.98 Å². The van der Waals surface area contributed by atoms with Gasteiger partial charge in [-0.1, -0.05) is 115 Å². The van der Waals surface area contributed by atoms with E-state index < -0.39 is 0 Å². The molecule has 0 radical (unpaired) electrons. The maximum atomic E-state index is 6.43. The first-order chi connectivity index (χ1) is 20.3. The second kappa shape index (κ2) is 9.62. The number of hydrogen-bond donors (Lipinski definition) is 0. The van der Waals surface area contributed by atoms with Crippen LogP contribution in [0.2, 0.25) is 0 Å². The van der Waals surface area contributed by atoms with E-state index >= 15 is 0 Å². The van der Waals surface area contributed by atoms with Crippen molar-refractivity contribution in [2.75, 3.05) is 0 Å². The maximum absolute atomic E-state index is 6.43. The molecule has 1 heterocycles. The maximum Gasteiger partial charge on any atom is 0.227 e. The van der Waals surface area contributed by atoms with Gasteiger partial charge in [-0.05, 0) is 85.9 Å². The summed E-state index contributed by atoms with van der Waals surface area (Å²) in [5.74, 6) is 0.645. The van der Waals surface area contributed by atoms with Gasteiger partial charge in [0.25, 0.3) is 0 Å². The number of hydrogen-bond acceptors (Lipinski definition) is 2. The first kappa shape index (κ1) is 23.4. The van der Waals surface area contributed by atoms with Gasteiger partial charge in [0, 0.05) is 10.9 Å². The van der Waals surface area contributed by atoms with E-state index in [4.69, 9.17) is 9.40 Å². The molecule has 0 atom stereocenters. The molecule has 8 rings (SSSR count). The van der Waals surface area contributed by atoms with Gasteiger partial charge >= 0.3 is 0 Å². The van der Waals surface area contributed by atoms with Crippen molar-refractivity contribution in [1.29, 1.82) is 0 Å². The molecule has 0 unspecified atom stereocenters. The van der Waals surface area contributed by atoms with Gasteiger partial charge in [-0.25, -0.2) is 4.98 Å². The second-order valence-corrected chi connectivity index (χ2v) is 10.4. The first-order valence-corrected chi connectivity index (χ1v) is 13.9. The van der Waals surface area contributed by atoms with E-state index in [1.807, 2.05) is 30.3 Å². The minimum absolute atomic E-state index is 0.645. The molecule has 2 heteroatoms. The Morgan fingerprint density at radius 1 is 0.390 bits per heavy atom. The molecule has 2 nitrogen and oxygen atoms in total. The van der Waals surface area contributed by atoms with Gasteiger partial charge < -0.3 is 4.42 Å². The van der Waals surface area contributed by atoms with Crippen molar-refractivity contribution in [2.24, 2.45) is 0 Å². The highest BCUT2D eigenvalue weighted by Gasteiger charge is 2.14. The zero-order valence-electron chi connectivity index (χ0n) is 22.3. The highest BCUT2D eigenvalue weighted by atomic mass is 16.3. The SMILES string of the molecule is c1ccc(-c2cccc(-c3cccc(-c4ccc5ccc6ccc7nc(-c8ccccc8)oc7c6c5c4)c3)c2)cc1. The van der Waals surface area contributed by atoms with Crippen LogP contribution in [0.3, 0.4) is 0 Å². The molecule has 0 bridgehead atoms. The predicted octanol–water partition coefficient (Wildman–Crippen LogP) is 10.8. The fourth-order valence-electron chi connectivity index (χ4n) is 5.79. The molecule has 0 fully saturated rings. The minimum Gasteiger partial charge on any atom is -0.435 e. The summed E-state index contributed by atoms with van der Waals surface area (Å²) in [6, 6.07) is 53.5. The van der Waals surface area contributed by atoms with Crippen molar-refractivity contribution in [2.45, 2.75) is 0 Å². The topological polar surface area (TPSA) is 26.0 Å². The summed E-state index contributed by atoms with van der Waals surface area (Å²) in [7, 11) is 0. The van der Waals surface area contributed by atoms with E-state index in [9.17, 15) is 0 Å². The Morgan fingerprint density at radius 3 is 1.59 bits per heavy atom. The summed E-state index contributed by atoms with van der Waals surface area (Å²) in [4.78, 5) is 4.83. The first-order valence-electron chi connectivity index (χ1n) is 13.9. The Morgan fingerprint density at radius 2 is 0.902 bits per heavy atom. The summed E-state index contributed by atoms with van der Waals surface area (Å²) < 4.78 is 6.43. The van der Waals surface area contributed by atoms with Crippen molar-refractivity contribution in [3.05, 3.63) is 152 Å². The summed E-state index contributed by atoms with van der Waals surface area (Å²) in [5, 5.41) is 4.59. The van der Waals surface area contributed by atoms with Gasteiger partial charge in [0.1, 0.15) is 5.52 Å². The monoisotopic (exact) mass is 523 g/mol. The summed E-state index contributed by atoms with van der Waals surface area (Å²) >= 11 is 0. The zero-order valence-corrected chi connectivity index (χ0v) is 22.3. The third-order valence-corrected chi connectivity index (χ3v) is 7.87. The van der Waals surface area contributed by atoms with Crippen molar-refractivity contribution >= 4 is 32.6 Å². The van der Waals surface area contributed by atoms with Crippen LogP contribution in [0.4, 0.5) is 0 Å². The molecule has 8 aromatic rings. The molecule has 0 spiro atoms. The average molecular weight is 524 g/mol. The van der Waals surface area contributed by atoms with Crippen LogP contribution in [0.1, 0.15) is 0 Å². The Balaban J connectivity index is 1.26. The van der Waals surface area contributed by atoms with Gasteiger partial charge in [-0.3, -0.25) is 0 Å². The highest BCUT2D eigenvalue weighted by molar-refractivity contribution is 6.18. The Hall–Kier alpha value is -5.47. The van der Waals surface area contributed by atoms with Gasteiger partial charge in [-0.2, -0.15) is 0 Å². The third-order valence-electron chi connectivity index (χ3n) is 7.87. The summed E-state index contributed by atoms with van der Waals surface area (Å²) in [6.45, 7) is 0. The van der Waals surface area contributed by atoms with E-state index in [2.05, 4.69) is 121 Å². The van der Waals surface area contributed by atoms with Gasteiger partial charge in [-0.15, -0.1) is 0 Å². The molecular weight excluding hydrogens is 498 g/mol. The Bertz CT molecular complexity index is 2190. The van der Waals surface area contributed by atoms with Crippen LogP contribution in [-0.2, 0) is 0 Å². The molecule has 0 aliphatic rings. The number of aromatic nitrogens is 1. The Labute approximate surface area is 238 Å². The summed E-state index contributed by atoms with van der Waals surface area (Å²) in [5.41, 5.74) is 9.88. The van der Waals surface area contributed by atoms with Crippen molar-refractivity contribution in [3.63, 3.8) is 0 Å². The molecular formula is C39H25NO. The molecule has 0 N–H and O–H groups in total. The van der Waals surface area contributed by atoms with Crippen LogP contribution in [0.15, 0.2) is 156 Å². The molecule has 0 amide bonds. The molecule has 0 saturated carbocycles. The standard InChI is InChI=1S/C39H25NO/c1-3-9-26(10-4-1)30-13-7-14-31(23-30)32-15-8-16-33(24-32)34-20-18-27-17-19-28-21-22-36-38(37(28)35(27)25-34)41-39(40-36)29-11-5-2-6-12-29/h1-25H. The quantitative estimate of drug-likeness (QED) is 0.214. The van der Waals surface area contributed by atoms with Crippen LogP contribution < -0.4 is 0 Å². The third kappa shape index (κ3) is 4.18. The minimum atomic E-state index is 0.645. The molecule has 0 aliphatic carbocycles. The van der Waals surface area contributed by atoms with E-state index in [0.717, 1.165) is 32.8 Å². The van der Waals surface area contributed by atoms with Gasteiger partial charge in [0.2, 0.25) is 5.89 Å². The number of oxazole rings is 1. The van der Waals surface area contributed by atoms with Crippen molar-refractivity contribution in [3.8, 4) is 44.8 Å². The fraction of sp³-hybridized carbons (Fsp3) is 0. The van der Waals surface area contributed by atoms with Gasteiger partial charge in [0.05, 0.1) is 0 Å². The number of rotatable bonds is 4. The van der Waals surface area contributed by atoms with Crippen LogP contribution in [0, 0.1) is 0 Å². The van der Waals surface area contributed by atoms with E-state index in [-0.39, 0.29) is 0 Å². The van der Waals surface area contributed by atoms with Crippen LogP contribution in [-0.4, -0.2) is 4.98 Å². The Kier molecular flexibility index (Phi) is 5.49. The second-order valence-electron chi connectivity index (χ2n) is 10.4. The number of fused-ring (bicyclic) bond motifs is 5. The lowest BCUT2D eigenvalue weighted by atomic mass is 9.94. The zero-order chi connectivity index (χ0) is 27.2. The normalized spacial score (nSPS) is 11.4. The highest BCUT2D eigenvalue weighted by Crippen LogP contribution is 2.37. The lowest BCUT2D eigenvalue weighted by Crippen LogP contribution is -1.85. The lowest BCUT2D eigenvalue weighted by molar-refractivity contribution is 0.623. The van der Waals surface area contributed by atoms with E-state index in [1.165, 1.54) is 38.8 Å². The largest absolute Gasteiger partial charge is 0.435 e. The summed E-state index contributed by atoms with van der Waals surface area (Å²) in [6.07, 6.45) is 0. The molecule has 0 saturated heterocycles.